The van der Waals surface area contributed by atoms with Crippen molar-refractivity contribution in [3.8, 4) is 0 Å². The predicted octanol–water partition coefficient (Wildman–Crippen LogP) is -3.71. The molecule has 31 nitrogen and oxygen atoms in total. The lowest BCUT2D eigenvalue weighted by atomic mass is 10.0. The highest BCUT2D eigenvalue weighted by molar-refractivity contribution is 7.98. The van der Waals surface area contributed by atoms with Gasteiger partial charge in [0.1, 0.15) is 54.4 Å². The highest BCUT2D eigenvalue weighted by Crippen LogP contribution is 2.24. The molecule has 0 aliphatic carbocycles. The van der Waals surface area contributed by atoms with Crippen LogP contribution in [-0.2, 0) is 75.2 Å². The van der Waals surface area contributed by atoms with Gasteiger partial charge >= 0.3 is 0 Å². The Kier molecular flexibility index (Phi) is 33.9. The van der Waals surface area contributed by atoms with E-state index in [1.165, 1.54) is 21.6 Å². The maximum Gasteiger partial charge on any atom is 0.245 e. The van der Waals surface area contributed by atoms with Gasteiger partial charge in [0.05, 0.1) is 12.6 Å². The molecule has 95 heavy (non-hydrogen) atoms. The van der Waals surface area contributed by atoms with Gasteiger partial charge in [-0.2, -0.15) is 11.8 Å². The number of hydrogen-bond donors (Lipinski definition) is 15. The fraction of sp³-hybridized carbons (Fsp3) is 0.587. The summed E-state index contributed by atoms with van der Waals surface area (Å²) in [5.74, 6) is -9.80. The molecule has 0 aromatic heterocycles. The van der Waals surface area contributed by atoms with Gasteiger partial charge in [0.25, 0.3) is 0 Å². The second kappa shape index (κ2) is 41.0. The van der Waals surface area contributed by atoms with Crippen molar-refractivity contribution < 1.29 is 62.3 Å². The number of thioether (sulfide) groups is 1. The Morgan fingerprint density at radius 3 is 1.51 bits per heavy atom. The van der Waals surface area contributed by atoms with E-state index in [9.17, 15) is 62.3 Å². The van der Waals surface area contributed by atoms with Gasteiger partial charge in [0.15, 0.2) is 5.96 Å². The molecule has 2 aliphatic rings. The van der Waals surface area contributed by atoms with E-state index in [0.29, 0.717) is 55.4 Å². The number of nitrogens with zero attached hydrogens (tertiary/aromatic N) is 3. The van der Waals surface area contributed by atoms with Crippen LogP contribution in [0.25, 0.3) is 0 Å². The molecule has 32 heteroatoms. The van der Waals surface area contributed by atoms with E-state index in [0.717, 1.165) is 0 Å². The molecule has 2 fully saturated rings. The summed E-state index contributed by atoms with van der Waals surface area (Å²) < 4.78 is 0. The van der Waals surface area contributed by atoms with Crippen LogP contribution in [0.1, 0.15) is 121 Å². The number of primary amides is 3. The number of hydrogen-bond acceptors (Lipinski definition) is 17. The number of amides is 13. The number of benzene rings is 2. The molecule has 13 amide bonds. The van der Waals surface area contributed by atoms with Crippen LogP contribution in [0.5, 0.6) is 0 Å². The lowest BCUT2D eigenvalue weighted by Gasteiger charge is -2.32. The van der Waals surface area contributed by atoms with Crippen LogP contribution < -0.4 is 82.7 Å². The van der Waals surface area contributed by atoms with Gasteiger partial charge in [-0.05, 0) is 119 Å². The molecule has 2 saturated heterocycles. The largest absolute Gasteiger partial charge is 0.370 e. The number of unbranched alkanes of at least 4 members (excludes halogenated alkanes) is 1. The Morgan fingerprint density at radius 1 is 0.537 bits per heavy atom. The van der Waals surface area contributed by atoms with Gasteiger partial charge in [0, 0.05) is 45.3 Å². The van der Waals surface area contributed by atoms with Crippen molar-refractivity contribution in [3.05, 3.63) is 71.8 Å². The van der Waals surface area contributed by atoms with Gasteiger partial charge in [-0.25, -0.2) is 0 Å². The number of nitrogens with one attached hydrogen (secondary N) is 8. The van der Waals surface area contributed by atoms with Crippen LogP contribution in [0.15, 0.2) is 65.7 Å². The van der Waals surface area contributed by atoms with Crippen molar-refractivity contribution in [2.24, 2.45) is 51.0 Å². The summed E-state index contributed by atoms with van der Waals surface area (Å²) in [5.41, 5.74) is 40.6. The van der Waals surface area contributed by atoms with E-state index in [1.54, 1.807) is 60.7 Å². The molecule has 2 aromatic rings. The third-order valence-electron chi connectivity index (χ3n) is 16.0. The molecule has 0 saturated carbocycles. The summed E-state index contributed by atoms with van der Waals surface area (Å²) in [7, 11) is 0. The second-order valence-corrected chi connectivity index (χ2v) is 25.1. The fourth-order valence-corrected chi connectivity index (χ4v) is 11.5. The van der Waals surface area contributed by atoms with Crippen molar-refractivity contribution in [2.75, 3.05) is 44.7 Å². The summed E-state index contributed by atoms with van der Waals surface area (Å²) >= 11 is 1.45. The maximum absolute atomic E-state index is 14.7. The average molecular weight is 1350 g/mol. The number of rotatable bonds is 42. The molecule has 10 atom stereocenters. The molecule has 22 N–H and O–H groups in total. The molecule has 0 unspecified atom stereocenters. The molecule has 2 aromatic carbocycles. The van der Waals surface area contributed by atoms with Crippen molar-refractivity contribution >= 4 is 94.5 Å². The Hall–Kier alpha value is -8.91. The first-order valence-corrected chi connectivity index (χ1v) is 33.6. The zero-order chi connectivity index (χ0) is 70.1. The zero-order valence-corrected chi connectivity index (χ0v) is 55.3. The normalized spacial score (nSPS) is 16.8. The number of nitrogens with two attached hydrogens (primary N) is 7. The number of carbonyl (C=O) groups excluding carboxylic acids is 13. The Labute approximate surface area is 558 Å². The summed E-state index contributed by atoms with van der Waals surface area (Å²) in [4.78, 5) is 185. The smallest absolute Gasteiger partial charge is 0.245 e. The topological polar surface area (TPSA) is 519 Å². The standard InChI is InChI=1S/C63H98N18O13S/c1-37(2)33-45(57(89)74-41(53(68)85)27-32-95-3)73-52(84)36-72-54(86)46(34-38-15-6-4-7-16-38)78-58(90)47(35-39-17-8-5-9-18-39)79-56(88)42(23-25-50(66)82)75-55(87)43(24-26-51(67)83)76-59(91)49-22-14-31-81(49)62(94)44(20-10-11-28-64)77-60(92)48-21-13-30-80(48)61(93)40(65)19-12-29-71-63(69)70/h4-9,15-18,37,40-49H,10-14,19-36,64-65H2,1-3H3,(H2,66,82)(H2,67,83)(H2,68,85)(H,72,86)(H,73,84)(H,74,89)(H,75,87)(H,76,91)(H,77,92)(H,78,90)(H,79,88)(H4,69,70,71)/t40-,41-,42+,43-,44-,45-,46-,47+,48+,49-/m0/s1. The lowest BCUT2D eigenvalue weighted by molar-refractivity contribution is -0.144. The first kappa shape index (κ1) is 78.5. The third-order valence-corrected chi connectivity index (χ3v) is 16.7. The van der Waals surface area contributed by atoms with Crippen molar-refractivity contribution in [1.82, 2.24) is 52.3 Å². The van der Waals surface area contributed by atoms with Crippen molar-refractivity contribution in [2.45, 2.75) is 183 Å². The van der Waals surface area contributed by atoms with Crippen molar-refractivity contribution in [3.63, 3.8) is 0 Å². The minimum absolute atomic E-state index is 0.0736. The van der Waals surface area contributed by atoms with Crippen LogP contribution in [0, 0.1) is 5.92 Å². The SMILES string of the molecule is CSCC[C@H](NC(=O)[C@H](CC(C)C)NC(=O)CNC(=O)[C@H](Cc1ccccc1)NC(=O)[C@@H](Cc1ccccc1)NC(=O)[C@@H](CCC(N)=O)NC(=O)[C@H](CCC(N)=O)NC(=O)[C@@H]1CCCN1C(=O)[C@H](CCCCN)NC(=O)[C@H]1CCCN1C(=O)[C@@H](N)CCCN=C(N)N)C(N)=O. The van der Waals surface area contributed by atoms with E-state index in [-0.39, 0.29) is 83.0 Å². The highest BCUT2D eigenvalue weighted by Gasteiger charge is 2.42. The highest BCUT2D eigenvalue weighted by atomic mass is 32.2. The average Bonchev–Trinajstić information content (AvgIpc) is 1.74. The monoisotopic (exact) mass is 1350 g/mol. The first-order chi connectivity index (χ1) is 45.2. The Morgan fingerprint density at radius 2 is 1.01 bits per heavy atom. The molecule has 2 aliphatic heterocycles. The predicted molar refractivity (Wildman–Crippen MR) is 356 cm³/mol. The van der Waals surface area contributed by atoms with E-state index in [2.05, 4.69) is 47.5 Å². The minimum Gasteiger partial charge on any atom is -0.370 e. The lowest BCUT2D eigenvalue weighted by Crippen LogP contribution is -2.60. The quantitative estimate of drug-likeness (QED) is 0.0173. The molecule has 4 rings (SSSR count). The van der Waals surface area contributed by atoms with Crippen molar-refractivity contribution in [1.29, 1.82) is 0 Å². The molecule has 2 heterocycles. The van der Waals surface area contributed by atoms with Crippen LogP contribution in [-0.4, -0.2) is 198 Å². The summed E-state index contributed by atoms with van der Waals surface area (Å²) in [6.07, 6.45) is 3.12. The first-order valence-electron chi connectivity index (χ1n) is 32.2. The van der Waals surface area contributed by atoms with Gasteiger partial charge in [-0.1, -0.05) is 74.5 Å². The van der Waals surface area contributed by atoms with Crippen LogP contribution in [0.3, 0.4) is 0 Å². The van der Waals surface area contributed by atoms with Gasteiger partial charge in [-0.3, -0.25) is 67.3 Å². The second-order valence-electron chi connectivity index (χ2n) is 24.1. The van der Waals surface area contributed by atoms with E-state index in [1.807, 2.05) is 20.1 Å². The van der Waals surface area contributed by atoms with Gasteiger partial charge in [0.2, 0.25) is 76.8 Å². The summed E-state index contributed by atoms with van der Waals surface area (Å²) in [5, 5.41) is 21.1. The van der Waals surface area contributed by atoms with Crippen LogP contribution in [0.2, 0.25) is 0 Å². The zero-order valence-electron chi connectivity index (χ0n) is 54.5. The molecular formula is C63H98N18O13S. The van der Waals surface area contributed by atoms with Crippen LogP contribution >= 0.6 is 11.8 Å². The summed E-state index contributed by atoms with van der Waals surface area (Å²) in [6.45, 7) is 3.86. The number of guanidine groups is 1. The third kappa shape index (κ3) is 27.5. The Balaban J connectivity index is 1.56. The van der Waals surface area contributed by atoms with Gasteiger partial charge < -0.3 is 92.5 Å². The van der Waals surface area contributed by atoms with Crippen LogP contribution in [0.4, 0.5) is 0 Å². The molecule has 0 bridgehead atoms. The molecule has 524 valence electrons. The maximum atomic E-state index is 14.7. The summed E-state index contributed by atoms with van der Waals surface area (Å²) in [6, 6.07) is 4.51. The van der Waals surface area contributed by atoms with Gasteiger partial charge in [-0.15, -0.1) is 0 Å². The van der Waals surface area contributed by atoms with E-state index < -0.39 is 169 Å². The fourth-order valence-electron chi connectivity index (χ4n) is 11.0. The number of likely N-dealkylation sites (tertiary alicyclic amines) is 2. The minimum atomic E-state index is -1.64. The van der Waals surface area contributed by atoms with E-state index in [4.69, 9.17) is 40.1 Å². The van der Waals surface area contributed by atoms with E-state index >= 15 is 0 Å². The molecule has 0 spiro atoms. The number of carbonyl (C=O) groups is 13. The molecule has 0 radical (unpaired) electrons. The number of aliphatic imine (C=N–C) groups is 1. The molecular weight excluding hydrogens is 1250 g/mol. The Bertz CT molecular complexity index is 2960.